The van der Waals surface area contributed by atoms with Crippen molar-refractivity contribution in [2.45, 2.75) is 18.9 Å². The van der Waals surface area contributed by atoms with Crippen LogP contribution in [0, 0.1) is 21.3 Å². The molecule has 0 aromatic carbocycles. The van der Waals surface area contributed by atoms with Crippen molar-refractivity contribution in [1.82, 2.24) is 9.88 Å². The number of hydrogen-bond donors (Lipinski definition) is 0. The average Bonchev–Trinajstić information content (AvgIpc) is 2.33. The molecule has 3 nitrogen and oxygen atoms in total. The Kier molecular flexibility index (Phi) is 2.76. The Morgan fingerprint density at radius 3 is 2.61 bits per heavy atom. The summed E-state index contributed by atoms with van der Waals surface area (Å²) in [6.07, 6.45) is 6.89. The van der Waals surface area contributed by atoms with Crippen LogP contribution in [0.3, 0.4) is 0 Å². The van der Waals surface area contributed by atoms with Crippen LogP contribution in [0.1, 0.15) is 12.8 Å². The SMILES string of the molecule is Ic1cncc(OC2C3CC4CC2CN(C4)C3)c1. The first kappa shape index (κ1) is 11.5. The van der Waals surface area contributed by atoms with Gasteiger partial charge in [0.2, 0.25) is 0 Å². The quantitative estimate of drug-likeness (QED) is 0.761. The number of pyridine rings is 1. The zero-order valence-electron chi connectivity index (χ0n) is 10.3. The lowest BCUT2D eigenvalue weighted by atomic mass is 9.66. The maximum absolute atomic E-state index is 6.28. The summed E-state index contributed by atoms with van der Waals surface area (Å²) >= 11 is 2.29. The van der Waals surface area contributed by atoms with Crippen molar-refractivity contribution in [2.75, 3.05) is 19.6 Å². The highest BCUT2D eigenvalue weighted by Crippen LogP contribution is 2.44. The molecule has 4 aliphatic rings. The van der Waals surface area contributed by atoms with Crippen LogP contribution in [0.2, 0.25) is 0 Å². The van der Waals surface area contributed by atoms with Gasteiger partial charge in [0.15, 0.2) is 0 Å². The minimum absolute atomic E-state index is 0.429. The first-order valence-electron chi connectivity index (χ1n) is 6.77. The summed E-state index contributed by atoms with van der Waals surface area (Å²) < 4.78 is 7.43. The zero-order valence-corrected chi connectivity index (χ0v) is 12.4. The van der Waals surface area contributed by atoms with Crippen LogP contribution in [0.5, 0.6) is 5.75 Å². The molecule has 4 heteroatoms. The highest BCUT2D eigenvalue weighted by Gasteiger charge is 2.48. The summed E-state index contributed by atoms with van der Waals surface area (Å²) in [4.78, 5) is 6.86. The Morgan fingerprint density at radius 1 is 1.17 bits per heavy atom. The van der Waals surface area contributed by atoms with Gasteiger partial charge in [-0.15, -0.1) is 0 Å². The molecule has 18 heavy (non-hydrogen) atoms. The monoisotopic (exact) mass is 356 g/mol. The number of hydrogen-bond acceptors (Lipinski definition) is 3. The molecule has 2 unspecified atom stereocenters. The molecule has 1 aliphatic carbocycles. The summed E-state index contributed by atoms with van der Waals surface area (Å²) in [6, 6.07) is 2.10. The Balaban J connectivity index is 1.55. The number of halogens is 1. The zero-order chi connectivity index (χ0) is 12.1. The van der Waals surface area contributed by atoms with E-state index < -0.39 is 0 Å². The van der Waals surface area contributed by atoms with E-state index in [2.05, 4.69) is 38.5 Å². The van der Waals surface area contributed by atoms with Gasteiger partial charge in [0.05, 0.1) is 6.20 Å². The second kappa shape index (κ2) is 4.34. The molecule has 3 saturated heterocycles. The third-order valence-corrected chi connectivity index (χ3v) is 5.25. The van der Waals surface area contributed by atoms with Gasteiger partial charge in [0, 0.05) is 41.2 Å². The number of nitrogens with zero attached hydrogens (tertiary/aromatic N) is 2. The van der Waals surface area contributed by atoms with Crippen LogP contribution >= 0.6 is 22.6 Å². The molecule has 0 amide bonds. The lowest BCUT2D eigenvalue weighted by Crippen LogP contribution is -2.61. The van der Waals surface area contributed by atoms with E-state index in [1.54, 1.807) is 0 Å². The lowest BCUT2D eigenvalue weighted by molar-refractivity contribution is -0.0985. The summed E-state index contributed by atoms with van der Waals surface area (Å²) in [6.45, 7) is 3.83. The first-order valence-corrected chi connectivity index (χ1v) is 7.85. The number of piperidine rings is 3. The van der Waals surface area contributed by atoms with Crippen LogP contribution < -0.4 is 4.74 Å². The van der Waals surface area contributed by atoms with E-state index >= 15 is 0 Å². The van der Waals surface area contributed by atoms with Gasteiger partial charge in [-0.3, -0.25) is 4.98 Å². The molecule has 3 aliphatic heterocycles. The van der Waals surface area contributed by atoms with Gasteiger partial charge >= 0.3 is 0 Å². The van der Waals surface area contributed by atoms with Crippen LogP contribution in [0.15, 0.2) is 18.5 Å². The van der Waals surface area contributed by atoms with Crippen molar-refractivity contribution in [1.29, 1.82) is 0 Å². The molecule has 5 rings (SSSR count). The van der Waals surface area contributed by atoms with Gasteiger partial charge in [-0.05, 0) is 47.4 Å². The van der Waals surface area contributed by atoms with Gasteiger partial charge < -0.3 is 9.64 Å². The van der Waals surface area contributed by atoms with Gasteiger partial charge in [-0.1, -0.05) is 0 Å². The number of ether oxygens (including phenoxy) is 1. The third-order valence-electron chi connectivity index (χ3n) is 4.66. The predicted octanol–water partition coefficient (Wildman–Crippen LogP) is 2.41. The molecule has 2 atom stereocenters. The van der Waals surface area contributed by atoms with Crippen molar-refractivity contribution >= 4 is 22.6 Å². The summed E-state index contributed by atoms with van der Waals surface area (Å²) in [7, 11) is 0. The second-order valence-electron chi connectivity index (χ2n) is 6.00. The fourth-order valence-electron chi connectivity index (χ4n) is 4.17. The van der Waals surface area contributed by atoms with E-state index in [9.17, 15) is 0 Å². The van der Waals surface area contributed by atoms with Crippen molar-refractivity contribution in [3.63, 3.8) is 0 Å². The van der Waals surface area contributed by atoms with Gasteiger partial charge in [-0.2, -0.15) is 0 Å². The van der Waals surface area contributed by atoms with Crippen LogP contribution in [-0.4, -0.2) is 35.6 Å². The molecule has 0 N–H and O–H groups in total. The Morgan fingerprint density at radius 2 is 1.94 bits per heavy atom. The maximum Gasteiger partial charge on any atom is 0.139 e. The Hall–Kier alpha value is -0.360. The van der Waals surface area contributed by atoms with Crippen molar-refractivity contribution in [3.05, 3.63) is 22.0 Å². The highest BCUT2D eigenvalue weighted by molar-refractivity contribution is 14.1. The molecule has 1 aromatic heterocycles. The van der Waals surface area contributed by atoms with Crippen LogP contribution in [-0.2, 0) is 0 Å². The third kappa shape index (κ3) is 1.93. The fraction of sp³-hybridized carbons (Fsp3) is 0.643. The molecule has 0 spiro atoms. The van der Waals surface area contributed by atoms with E-state index in [0.29, 0.717) is 6.10 Å². The average molecular weight is 356 g/mol. The van der Waals surface area contributed by atoms with Crippen molar-refractivity contribution in [2.24, 2.45) is 17.8 Å². The predicted molar refractivity (Wildman–Crippen MR) is 77.5 cm³/mol. The number of aromatic nitrogens is 1. The Bertz CT molecular complexity index is 437. The number of rotatable bonds is 2. The molecule has 4 bridgehead atoms. The smallest absolute Gasteiger partial charge is 0.139 e. The fourth-order valence-corrected chi connectivity index (χ4v) is 4.64. The van der Waals surface area contributed by atoms with Gasteiger partial charge in [0.1, 0.15) is 11.9 Å². The summed E-state index contributed by atoms with van der Waals surface area (Å²) in [5.74, 6) is 3.38. The van der Waals surface area contributed by atoms with Gasteiger partial charge in [0.25, 0.3) is 0 Å². The molecule has 1 aromatic rings. The molecule has 4 fully saturated rings. The van der Waals surface area contributed by atoms with Crippen LogP contribution in [0.4, 0.5) is 0 Å². The molecule has 1 saturated carbocycles. The second-order valence-corrected chi connectivity index (χ2v) is 7.24. The summed E-state index contributed by atoms with van der Waals surface area (Å²) in [5.41, 5.74) is 0. The topological polar surface area (TPSA) is 25.4 Å². The van der Waals surface area contributed by atoms with Crippen molar-refractivity contribution < 1.29 is 4.74 Å². The van der Waals surface area contributed by atoms with E-state index in [1.807, 2.05) is 12.4 Å². The lowest BCUT2D eigenvalue weighted by Gasteiger charge is -2.55. The largest absolute Gasteiger partial charge is 0.488 e. The van der Waals surface area contributed by atoms with Crippen molar-refractivity contribution in [3.8, 4) is 5.75 Å². The first-order chi connectivity index (χ1) is 8.78. The highest BCUT2D eigenvalue weighted by atomic mass is 127. The molecule has 0 radical (unpaired) electrons. The molecular formula is C14H17IN2O. The van der Waals surface area contributed by atoms with E-state index in [-0.39, 0.29) is 0 Å². The molecular weight excluding hydrogens is 339 g/mol. The van der Waals surface area contributed by atoms with Gasteiger partial charge in [-0.25, -0.2) is 0 Å². The minimum atomic E-state index is 0.429. The van der Waals surface area contributed by atoms with E-state index in [4.69, 9.17) is 4.74 Å². The molecule has 4 heterocycles. The summed E-state index contributed by atoms with van der Waals surface area (Å²) in [5, 5.41) is 0. The van der Waals surface area contributed by atoms with E-state index in [0.717, 1.165) is 27.1 Å². The standard InChI is InChI=1S/C14H17IN2O/c15-12-3-13(5-16-4-12)18-14-10-1-9-2-11(14)8-17(6-9)7-10/h3-5,9-11,14H,1-2,6-8H2. The van der Waals surface area contributed by atoms with Crippen LogP contribution in [0.25, 0.3) is 0 Å². The minimum Gasteiger partial charge on any atom is -0.488 e. The molecule has 96 valence electrons. The van der Waals surface area contributed by atoms with E-state index in [1.165, 1.54) is 32.5 Å². The maximum atomic E-state index is 6.28. The Labute approximate surface area is 121 Å². The normalized spacial score (nSPS) is 41.1.